The third kappa shape index (κ3) is 5.46. The summed E-state index contributed by atoms with van der Waals surface area (Å²) in [4.78, 5) is 16.0. The number of rotatable bonds is 0. The highest BCUT2D eigenvalue weighted by molar-refractivity contribution is 7.99. The van der Waals surface area contributed by atoms with E-state index in [1.54, 1.807) is 6.07 Å². The highest BCUT2D eigenvalue weighted by Crippen LogP contribution is 2.47. The quantitative estimate of drug-likeness (QED) is 0.356. The van der Waals surface area contributed by atoms with Gasteiger partial charge in [0.1, 0.15) is 5.75 Å². The van der Waals surface area contributed by atoms with Crippen molar-refractivity contribution < 1.29 is 18.8 Å². The number of amides is 1. The summed E-state index contributed by atoms with van der Waals surface area (Å²) in [7, 11) is -2.91. The van der Waals surface area contributed by atoms with E-state index in [4.69, 9.17) is 16.3 Å². The van der Waals surface area contributed by atoms with Crippen LogP contribution in [-0.2, 0) is 21.5 Å². The Labute approximate surface area is 256 Å². The number of fused-ring (bicyclic) bond motifs is 4. The van der Waals surface area contributed by atoms with E-state index in [0.29, 0.717) is 18.1 Å². The maximum absolute atomic E-state index is 13.7. The molecule has 2 aliphatic heterocycles. The zero-order chi connectivity index (χ0) is 29.8. The number of aliphatic hydroxyl groups excluding tert-OH is 1. The van der Waals surface area contributed by atoms with Gasteiger partial charge in [-0.2, -0.15) is 0 Å². The van der Waals surface area contributed by atoms with Crippen LogP contribution < -0.4 is 14.4 Å². The van der Waals surface area contributed by atoms with Crippen LogP contribution in [0.1, 0.15) is 80.8 Å². The number of hydrogen-bond donors (Lipinski definition) is 2. The fraction of sp³-hybridized carbons (Fsp3) is 0.588. The molecule has 2 aliphatic carbocycles. The van der Waals surface area contributed by atoms with Crippen LogP contribution in [0.4, 0.5) is 5.69 Å². The minimum absolute atomic E-state index is 0.0768. The molecule has 0 saturated heterocycles. The lowest BCUT2D eigenvalue weighted by Gasteiger charge is -2.46. The van der Waals surface area contributed by atoms with Gasteiger partial charge in [0, 0.05) is 34.3 Å². The topological polar surface area (TPSA) is 78.9 Å². The van der Waals surface area contributed by atoms with Crippen LogP contribution in [0.5, 0.6) is 5.75 Å². The van der Waals surface area contributed by atoms with Gasteiger partial charge in [0.25, 0.3) is 5.91 Å². The van der Waals surface area contributed by atoms with Crippen molar-refractivity contribution in [1.29, 1.82) is 0 Å². The van der Waals surface area contributed by atoms with Crippen molar-refractivity contribution in [3.8, 4) is 5.75 Å². The molecule has 2 bridgehead atoms. The highest BCUT2D eigenvalue weighted by Gasteiger charge is 2.44. The monoisotopic (exact) mass is 612 g/mol. The average Bonchev–Trinajstić information content (AvgIpc) is 3.09. The van der Waals surface area contributed by atoms with Gasteiger partial charge in [-0.3, -0.25) is 9.52 Å². The summed E-state index contributed by atoms with van der Waals surface area (Å²) in [6.45, 7) is 8.26. The van der Waals surface area contributed by atoms with Crippen molar-refractivity contribution in [1.82, 2.24) is 4.72 Å². The molecule has 6 nitrogen and oxygen atoms in total. The second-order valence-corrected chi connectivity index (χ2v) is 16.5. The van der Waals surface area contributed by atoms with E-state index in [-0.39, 0.29) is 40.4 Å². The van der Waals surface area contributed by atoms with Crippen LogP contribution in [0.2, 0.25) is 5.02 Å². The molecule has 0 aromatic heterocycles. The molecule has 2 aromatic carbocycles. The number of ether oxygens (including phenoxy) is 1. The third-order valence-electron chi connectivity index (χ3n) is 11.1. The number of nitrogens with one attached hydrogen (secondary N) is 1. The Morgan fingerprint density at radius 2 is 1.93 bits per heavy atom. The number of aliphatic hydroxyl groups is 1. The summed E-state index contributed by atoms with van der Waals surface area (Å²) in [6, 6.07) is 11.8. The molecule has 42 heavy (non-hydrogen) atoms. The Bertz CT molecular complexity index is 1460. The van der Waals surface area contributed by atoms with Gasteiger partial charge in [-0.25, -0.2) is 4.21 Å². The lowest BCUT2D eigenvalue weighted by Crippen LogP contribution is -2.49. The fourth-order valence-electron chi connectivity index (χ4n) is 7.90. The minimum Gasteiger partial charge on any atom is -0.490 e. The number of hydrogen-bond acceptors (Lipinski definition) is 5. The van der Waals surface area contributed by atoms with E-state index in [1.165, 1.54) is 11.1 Å². The van der Waals surface area contributed by atoms with Gasteiger partial charge in [-0.15, -0.1) is 0 Å². The average molecular weight is 613 g/mol. The van der Waals surface area contributed by atoms with E-state index in [2.05, 4.69) is 41.5 Å². The maximum atomic E-state index is 13.7. The van der Waals surface area contributed by atoms with E-state index >= 15 is 0 Å². The number of aryl methyl sites for hydroxylation is 1. The predicted octanol–water partition coefficient (Wildman–Crippen LogP) is 6.02. The maximum Gasteiger partial charge on any atom is 0.262 e. The molecule has 228 valence electrons. The lowest BCUT2D eigenvalue weighted by molar-refractivity contribution is 0.00601. The summed E-state index contributed by atoms with van der Waals surface area (Å²) >= 11 is 6.41. The Morgan fingerprint density at radius 3 is 2.69 bits per heavy atom. The van der Waals surface area contributed by atoms with E-state index in [0.717, 1.165) is 74.5 Å². The molecule has 6 rings (SSSR count). The molecular formula is C34H45ClN2O4S. The van der Waals surface area contributed by atoms with Gasteiger partial charge in [0.2, 0.25) is 0 Å². The molecule has 8 atom stereocenters. The summed E-state index contributed by atoms with van der Waals surface area (Å²) in [5, 5.41) is 11.8. The number of halogens is 1. The van der Waals surface area contributed by atoms with Crippen LogP contribution in [0.15, 0.2) is 36.4 Å². The zero-order valence-corrected chi connectivity index (χ0v) is 26.7. The van der Waals surface area contributed by atoms with Gasteiger partial charge in [-0.1, -0.05) is 31.5 Å². The van der Waals surface area contributed by atoms with Crippen molar-refractivity contribution in [2.24, 2.45) is 23.7 Å². The van der Waals surface area contributed by atoms with Crippen LogP contribution in [0, 0.1) is 23.7 Å². The first-order valence-electron chi connectivity index (χ1n) is 15.6. The third-order valence-corrected chi connectivity index (χ3v) is 13.5. The van der Waals surface area contributed by atoms with Crippen LogP contribution in [-0.4, -0.2) is 52.1 Å². The molecule has 1 unspecified atom stereocenters. The SMILES string of the molecule is C=S1(=O)NC(=O)c2ccc3c(c2)N(C[C@@H]2CC[C@H]2[C@@H](O)CC[C@H](C)[C@H](C)[C@H]1C)C[C@@]1(CCCc2cc(Cl)ccc21)CO3. The summed E-state index contributed by atoms with van der Waals surface area (Å²) in [6.07, 6.45) is 6.41. The first kappa shape index (κ1) is 29.8. The summed E-state index contributed by atoms with van der Waals surface area (Å²) in [5.74, 6) is 5.32. The van der Waals surface area contributed by atoms with E-state index in [1.807, 2.05) is 25.1 Å². The molecule has 2 aromatic rings. The molecule has 8 heteroatoms. The Morgan fingerprint density at radius 1 is 1.12 bits per heavy atom. The number of anilines is 1. The molecule has 0 radical (unpaired) electrons. The van der Waals surface area contributed by atoms with Crippen LogP contribution >= 0.6 is 11.6 Å². The van der Waals surface area contributed by atoms with Gasteiger partial charge in [-0.05, 0) is 123 Å². The van der Waals surface area contributed by atoms with Crippen molar-refractivity contribution in [3.05, 3.63) is 58.1 Å². The zero-order valence-electron chi connectivity index (χ0n) is 25.1. The Balaban J connectivity index is 1.41. The van der Waals surface area contributed by atoms with Crippen molar-refractivity contribution in [2.75, 3.05) is 24.6 Å². The van der Waals surface area contributed by atoms with Crippen molar-refractivity contribution in [2.45, 2.75) is 82.5 Å². The molecule has 1 amide bonds. The number of benzene rings is 2. The summed E-state index contributed by atoms with van der Waals surface area (Å²) in [5.41, 5.74) is 3.72. The van der Waals surface area contributed by atoms with E-state index < -0.39 is 9.71 Å². The predicted molar refractivity (Wildman–Crippen MR) is 172 cm³/mol. The largest absolute Gasteiger partial charge is 0.490 e. The number of nitrogens with zero attached hydrogens (tertiary/aromatic N) is 1. The summed E-state index contributed by atoms with van der Waals surface area (Å²) < 4.78 is 23.1. The first-order chi connectivity index (χ1) is 20.0. The van der Waals surface area contributed by atoms with Crippen molar-refractivity contribution in [3.63, 3.8) is 0 Å². The van der Waals surface area contributed by atoms with Crippen molar-refractivity contribution >= 4 is 38.8 Å². The highest BCUT2D eigenvalue weighted by atomic mass is 35.5. The smallest absolute Gasteiger partial charge is 0.262 e. The molecular weight excluding hydrogens is 568 g/mol. The fourth-order valence-corrected chi connectivity index (χ4v) is 9.67. The first-order valence-corrected chi connectivity index (χ1v) is 17.8. The molecule has 1 fully saturated rings. The second-order valence-electron chi connectivity index (χ2n) is 13.6. The van der Waals surface area contributed by atoms with Gasteiger partial charge in [0.05, 0.1) is 28.1 Å². The molecule has 4 aliphatic rings. The number of carbonyl (C=O) groups is 1. The number of carbonyl (C=O) groups excluding carboxylic acids is 1. The van der Waals surface area contributed by atoms with Gasteiger partial charge in [0.15, 0.2) is 0 Å². The van der Waals surface area contributed by atoms with Crippen LogP contribution in [0.3, 0.4) is 0 Å². The van der Waals surface area contributed by atoms with Crippen LogP contribution in [0.25, 0.3) is 0 Å². The van der Waals surface area contributed by atoms with Gasteiger partial charge < -0.3 is 14.7 Å². The minimum atomic E-state index is -2.91. The van der Waals surface area contributed by atoms with Gasteiger partial charge >= 0.3 is 0 Å². The molecule has 2 N–H and O–H groups in total. The molecule has 1 spiro atoms. The molecule has 1 saturated carbocycles. The molecule has 2 heterocycles. The normalized spacial score (nSPS) is 37.0. The standard InChI is InChI=1S/C34H45ClN2O4S/c1-21-7-13-31(38)28-11-8-26(28)18-37-19-34(15-5-6-24-16-27(35)10-12-29(24)34)20-41-32-14-9-25(17-30(32)37)33(39)36-42(4,40)23(3)22(21)2/h9-10,12,14,16-17,21-23,26,28,31,38H,4-8,11,13,15,18-20H2,1-3H3,(H,36,39,40)/t21-,22-,23+,26-,28+,31-,34-,42?/m0/s1. The Kier molecular flexibility index (Phi) is 8.07. The second kappa shape index (κ2) is 11.4. The lowest BCUT2D eigenvalue weighted by atomic mass is 9.68. The van der Waals surface area contributed by atoms with E-state index in [9.17, 15) is 14.1 Å². The Hall–Kier alpha value is -2.22.